The summed E-state index contributed by atoms with van der Waals surface area (Å²) in [5.41, 5.74) is 21.1. The molecule has 0 saturated carbocycles. The summed E-state index contributed by atoms with van der Waals surface area (Å²) in [6, 6.07) is 15.5. The van der Waals surface area contributed by atoms with E-state index in [1.54, 1.807) is 0 Å². The summed E-state index contributed by atoms with van der Waals surface area (Å²) in [7, 11) is 0.521. The third-order valence-corrected chi connectivity index (χ3v) is 5.75. The largest absolute Gasteiger partial charge is 0.399 e. The van der Waals surface area contributed by atoms with Crippen molar-refractivity contribution in [3.8, 4) is 22.5 Å². The SMILES string of the molecule is N=Pc1cccc(-c2cn(CCCCN)nn2)c1.NCCCCn1cc(-c2cccc(N)c2)nn1. The minimum Gasteiger partial charge on any atom is -0.399 e. The summed E-state index contributed by atoms with van der Waals surface area (Å²) in [6.07, 6.45) is 7.93. The number of unbranched alkanes of at least 4 members (excludes halogenated alkanes) is 2. The van der Waals surface area contributed by atoms with Crippen LogP contribution in [0.15, 0.2) is 60.9 Å². The van der Waals surface area contributed by atoms with E-state index >= 15 is 0 Å². The Kier molecular flexibility index (Phi) is 10.5. The maximum Gasteiger partial charge on any atom is 0.113 e. The zero-order valence-electron chi connectivity index (χ0n) is 19.8. The molecule has 0 spiro atoms. The zero-order valence-corrected chi connectivity index (χ0v) is 20.7. The lowest BCUT2D eigenvalue weighted by Crippen LogP contribution is -2.03. The van der Waals surface area contributed by atoms with Crippen molar-refractivity contribution in [2.75, 3.05) is 18.8 Å². The summed E-state index contributed by atoms with van der Waals surface area (Å²) >= 11 is 0. The molecule has 0 amide bonds. The van der Waals surface area contributed by atoms with Crippen molar-refractivity contribution in [1.82, 2.24) is 30.0 Å². The molecule has 184 valence electrons. The van der Waals surface area contributed by atoms with Gasteiger partial charge in [0.15, 0.2) is 0 Å². The lowest BCUT2D eigenvalue weighted by molar-refractivity contribution is 0.544. The molecule has 2 heterocycles. The molecule has 2 aromatic carbocycles. The van der Waals surface area contributed by atoms with Crippen LogP contribution in [-0.4, -0.2) is 43.1 Å². The summed E-state index contributed by atoms with van der Waals surface area (Å²) in [6.45, 7) is 3.13. The number of anilines is 1. The maximum atomic E-state index is 7.34. The quantitative estimate of drug-likeness (QED) is 0.142. The molecule has 7 N–H and O–H groups in total. The Morgan fingerprint density at radius 2 is 1.29 bits per heavy atom. The third-order valence-electron chi connectivity index (χ3n) is 5.21. The molecule has 0 aliphatic rings. The molecule has 0 aliphatic heterocycles. The number of nitrogens with two attached hydrogens (primary N) is 3. The van der Waals surface area contributed by atoms with Gasteiger partial charge in [-0.25, -0.2) is 0 Å². The molecule has 4 rings (SSSR count). The molecular weight excluding hydrogens is 459 g/mol. The van der Waals surface area contributed by atoms with Gasteiger partial charge in [-0.3, -0.25) is 14.5 Å². The van der Waals surface area contributed by atoms with Crippen molar-refractivity contribution >= 4 is 19.4 Å². The number of hydrogen-bond acceptors (Lipinski definition) is 8. The molecule has 0 bridgehead atoms. The highest BCUT2D eigenvalue weighted by atomic mass is 31.1. The van der Waals surface area contributed by atoms with Crippen LogP contribution >= 0.6 is 8.37 Å². The lowest BCUT2D eigenvalue weighted by Gasteiger charge is -1.98. The van der Waals surface area contributed by atoms with Gasteiger partial charge in [0, 0.05) is 43.6 Å². The van der Waals surface area contributed by atoms with Crippen molar-refractivity contribution in [3.05, 3.63) is 60.9 Å². The molecule has 4 aromatic rings. The maximum absolute atomic E-state index is 7.34. The standard InChI is InChI=1S/C12H16N5P.C12H17N5/c13-6-1-2-7-17-9-12(15-16-17)10-4-3-5-11(8-10)18-14;13-6-1-2-7-17-9-12(15-16-17)10-4-3-5-11(14)8-10/h3-5,8-9,14H,1-2,6-7,13H2;3-5,8-9H,1-2,6-7,13-14H2. The van der Waals surface area contributed by atoms with E-state index in [0.717, 1.165) is 78.8 Å². The van der Waals surface area contributed by atoms with Crippen LogP contribution < -0.4 is 22.5 Å². The van der Waals surface area contributed by atoms with E-state index in [9.17, 15) is 0 Å². The second-order valence-corrected chi connectivity index (χ2v) is 8.75. The highest BCUT2D eigenvalue weighted by molar-refractivity contribution is 7.35. The highest BCUT2D eigenvalue weighted by Gasteiger charge is 2.05. The van der Waals surface area contributed by atoms with E-state index in [-0.39, 0.29) is 0 Å². The monoisotopic (exact) mass is 492 g/mol. The average molecular weight is 493 g/mol. The van der Waals surface area contributed by atoms with Crippen molar-refractivity contribution < 1.29 is 0 Å². The summed E-state index contributed by atoms with van der Waals surface area (Å²) in [4.78, 5) is 0. The number of aromatic nitrogens is 6. The van der Waals surface area contributed by atoms with Crippen LogP contribution in [0.1, 0.15) is 25.7 Å². The van der Waals surface area contributed by atoms with E-state index < -0.39 is 0 Å². The van der Waals surface area contributed by atoms with Crippen LogP contribution in [0.3, 0.4) is 0 Å². The smallest absolute Gasteiger partial charge is 0.113 e. The van der Waals surface area contributed by atoms with Gasteiger partial charge in [-0.05, 0) is 63.0 Å². The third kappa shape index (κ3) is 8.36. The summed E-state index contributed by atoms with van der Waals surface area (Å²) < 4.78 is 3.68. The minimum atomic E-state index is 0.521. The van der Waals surface area contributed by atoms with Gasteiger partial charge in [0.1, 0.15) is 11.4 Å². The first-order chi connectivity index (χ1) is 17.1. The summed E-state index contributed by atoms with van der Waals surface area (Å²) in [5.74, 6) is 0. The van der Waals surface area contributed by atoms with Crippen molar-refractivity contribution in [1.29, 1.82) is 5.16 Å². The van der Waals surface area contributed by atoms with Gasteiger partial charge in [-0.15, -0.1) is 10.2 Å². The van der Waals surface area contributed by atoms with Crippen molar-refractivity contribution in [2.24, 2.45) is 11.5 Å². The highest BCUT2D eigenvalue weighted by Crippen LogP contribution is 2.18. The van der Waals surface area contributed by atoms with E-state index in [2.05, 4.69) is 20.6 Å². The molecule has 0 fully saturated rings. The second-order valence-electron chi connectivity index (χ2n) is 8.01. The van der Waals surface area contributed by atoms with Crippen LogP contribution in [0.4, 0.5) is 5.69 Å². The van der Waals surface area contributed by atoms with Gasteiger partial charge in [0.2, 0.25) is 0 Å². The molecule has 0 aliphatic carbocycles. The molecule has 2 aromatic heterocycles. The number of nitrogen functional groups attached to an aromatic ring is 1. The fourth-order valence-corrected chi connectivity index (χ4v) is 3.71. The van der Waals surface area contributed by atoms with Gasteiger partial charge in [-0.1, -0.05) is 34.7 Å². The van der Waals surface area contributed by atoms with Crippen molar-refractivity contribution in [3.63, 3.8) is 0 Å². The Morgan fingerprint density at radius 1 is 0.743 bits per heavy atom. The van der Waals surface area contributed by atoms with Gasteiger partial charge >= 0.3 is 0 Å². The van der Waals surface area contributed by atoms with Crippen LogP contribution in [0.2, 0.25) is 0 Å². The Balaban J connectivity index is 0.000000196. The van der Waals surface area contributed by atoms with Gasteiger partial charge in [0.05, 0.1) is 12.4 Å². The number of nitrogens with one attached hydrogen (secondary N) is 1. The molecule has 11 heteroatoms. The molecule has 10 nitrogen and oxygen atoms in total. The Hall–Kier alpha value is -3.46. The van der Waals surface area contributed by atoms with Crippen LogP contribution in [0.25, 0.3) is 22.5 Å². The van der Waals surface area contributed by atoms with E-state index in [4.69, 9.17) is 22.4 Å². The molecule has 0 atom stereocenters. The van der Waals surface area contributed by atoms with E-state index in [0.29, 0.717) is 14.9 Å². The first-order valence-electron chi connectivity index (χ1n) is 11.7. The van der Waals surface area contributed by atoms with Crippen molar-refractivity contribution in [2.45, 2.75) is 38.8 Å². The molecule has 0 saturated heterocycles. The fraction of sp³-hybridized carbons (Fsp3) is 0.333. The number of rotatable bonds is 11. The lowest BCUT2D eigenvalue weighted by atomic mass is 10.1. The fourth-order valence-electron chi connectivity index (χ4n) is 3.35. The number of hydrogen-bond donors (Lipinski definition) is 4. The Bertz CT molecular complexity index is 1190. The van der Waals surface area contributed by atoms with Crippen LogP contribution in [0, 0.1) is 5.16 Å². The number of aryl methyl sites for hydroxylation is 2. The van der Waals surface area contributed by atoms with E-state index in [1.807, 2.05) is 70.3 Å². The van der Waals surface area contributed by atoms with Crippen LogP contribution in [0.5, 0.6) is 0 Å². The Morgan fingerprint density at radius 3 is 1.80 bits per heavy atom. The number of nitrogens with zero attached hydrogens (tertiary/aromatic N) is 6. The average Bonchev–Trinajstić information content (AvgIpc) is 3.55. The molecule has 35 heavy (non-hydrogen) atoms. The normalized spacial score (nSPS) is 10.8. The topological polar surface area (TPSA) is 163 Å². The Labute approximate surface area is 207 Å². The first kappa shape index (κ1) is 26.2. The van der Waals surface area contributed by atoms with Crippen LogP contribution in [-0.2, 0) is 13.1 Å². The predicted octanol–water partition coefficient (Wildman–Crippen LogP) is 3.28. The van der Waals surface area contributed by atoms with E-state index in [1.165, 1.54) is 0 Å². The zero-order chi connectivity index (χ0) is 24.9. The van der Waals surface area contributed by atoms with Gasteiger partial charge in [0.25, 0.3) is 0 Å². The second kappa shape index (κ2) is 14.1. The van der Waals surface area contributed by atoms with Gasteiger partial charge in [-0.2, -0.15) is 0 Å². The predicted molar refractivity (Wildman–Crippen MR) is 141 cm³/mol. The molecular formula is C24H33N10P. The molecule has 0 unspecified atom stereocenters. The number of benzene rings is 2. The first-order valence-corrected chi connectivity index (χ1v) is 12.6. The minimum absolute atomic E-state index is 0.521. The van der Waals surface area contributed by atoms with Gasteiger partial charge < -0.3 is 17.2 Å². The summed E-state index contributed by atoms with van der Waals surface area (Å²) in [5, 5.41) is 24.8. The molecule has 0 radical (unpaired) electrons.